The number of aryl methyl sites for hydroxylation is 2. The molecule has 1 aromatic heterocycles. The van der Waals surface area contributed by atoms with E-state index < -0.39 is 0 Å². The molecule has 2 heterocycles. The van der Waals surface area contributed by atoms with Crippen LogP contribution in [0.3, 0.4) is 0 Å². The maximum Gasteiger partial charge on any atom is 0.191 e. The molecule has 1 aliphatic rings. The average molecular weight is 400 g/mol. The predicted molar refractivity (Wildman–Crippen MR) is 119 cm³/mol. The van der Waals surface area contributed by atoms with Gasteiger partial charge in [-0.2, -0.15) is 0 Å². The van der Waals surface area contributed by atoms with Gasteiger partial charge in [-0.15, -0.1) is 11.3 Å². The second kappa shape index (κ2) is 10.0. The minimum Gasteiger partial charge on any atom is -0.352 e. The molecule has 0 aliphatic carbocycles. The zero-order valence-electron chi connectivity index (χ0n) is 17.6. The summed E-state index contributed by atoms with van der Waals surface area (Å²) in [6.07, 6.45) is 2.68. The first-order chi connectivity index (χ1) is 13.5. The molecule has 0 radical (unpaired) electrons. The molecule has 1 aliphatic heterocycles. The molecule has 1 fully saturated rings. The van der Waals surface area contributed by atoms with E-state index >= 15 is 0 Å². The largest absolute Gasteiger partial charge is 0.352 e. The molecule has 0 bridgehead atoms. The van der Waals surface area contributed by atoms with E-state index in [1.165, 1.54) is 41.9 Å². The minimum absolute atomic E-state index is 0.754. The van der Waals surface area contributed by atoms with E-state index in [1.54, 1.807) is 11.3 Å². The Bertz CT molecular complexity index is 798. The second-order valence-corrected chi connectivity index (χ2v) is 9.06. The Hall–Kier alpha value is -1.92. The first-order valence-electron chi connectivity index (χ1n) is 10.2. The van der Waals surface area contributed by atoms with Gasteiger partial charge in [-0.1, -0.05) is 31.2 Å². The lowest BCUT2D eigenvalue weighted by molar-refractivity contribution is 0.176. The molecule has 1 aromatic carbocycles. The Labute approximate surface area is 173 Å². The Morgan fingerprint density at radius 1 is 1.21 bits per heavy atom. The molecule has 1 atom stereocenters. The summed E-state index contributed by atoms with van der Waals surface area (Å²) in [7, 11) is 1.82. The summed E-state index contributed by atoms with van der Waals surface area (Å²) < 4.78 is 0. The number of benzene rings is 1. The Morgan fingerprint density at radius 3 is 2.64 bits per heavy atom. The normalized spacial score (nSPS) is 18.3. The van der Waals surface area contributed by atoms with E-state index in [-0.39, 0.29) is 0 Å². The van der Waals surface area contributed by atoms with Crippen LogP contribution in [0.15, 0.2) is 29.3 Å². The topological polar surface area (TPSA) is 52.6 Å². The molecule has 28 heavy (non-hydrogen) atoms. The van der Waals surface area contributed by atoms with Crippen molar-refractivity contribution < 1.29 is 0 Å². The number of piperidine rings is 1. The third-order valence-electron chi connectivity index (χ3n) is 5.34. The van der Waals surface area contributed by atoms with Crippen molar-refractivity contribution in [2.24, 2.45) is 10.9 Å². The SMILES string of the molecule is CN=C(NCc1ccccc1CN1CCCC(C)C1)NCc1sc(C)nc1C. The number of likely N-dealkylation sites (tertiary alicyclic amines) is 1. The molecule has 1 unspecified atom stereocenters. The molecule has 0 saturated carbocycles. The maximum absolute atomic E-state index is 4.49. The summed E-state index contributed by atoms with van der Waals surface area (Å²) in [5.74, 6) is 1.63. The molecular formula is C22H33N5S. The quantitative estimate of drug-likeness (QED) is 0.572. The summed E-state index contributed by atoms with van der Waals surface area (Å²) in [5.41, 5.74) is 3.86. The van der Waals surface area contributed by atoms with Crippen LogP contribution in [0, 0.1) is 19.8 Å². The Kier molecular flexibility index (Phi) is 7.45. The number of hydrogen-bond acceptors (Lipinski definition) is 4. The number of nitrogens with zero attached hydrogens (tertiary/aromatic N) is 3. The summed E-state index contributed by atoms with van der Waals surface area (Å²) >= 11 is 1.74. The lowest BCUT2D eigenvalue weighted by atomic mass is 9.99. The third-order valence-corrected chi connectivity index (χ3v) is 6.41. The van der Waals surface area contributed by atoms with Gasteiger partial charge < -0.3 is 10.6 Å². The minimum atomic E-state index is 0.754. The van der Waals surface area contributed by atoms with E-state index in [4.69, 9.17) is 0 Å². The summed E-state index contributed by atoms with van der Waals surface area (Å²) in [4.78, 5) is 12.7. The van der Waals surface area contributed by atoms with Crippen molar-refractivity contribution in [3.05, 3.63) is 51.0 Å². The smallest absolute Gasteiger partial charge is 0.191 e. The zero-order valence-corrected chi connectivity index (χ0v) is 18.4. The number of aromatic nitrogens is 1. The van der Waals surface area contributed by atoms with Gasteiger partial charge in [0.25, 0.3) is 0 Å². The molecule has 2 N–H and O–H groups in total. The second-order valence-electron chi connectivity index (χ2n) is 7.77. The van der Waals surface area contributed by atoms with Crippen LogP contribution in [0.4, 0.5) is 0 Å². The third kappa shape index (κ3) is 5.79. The lowest BCUT2D eigenvalue weighted by Gasteiger charge is -2.31. The van der Waals surface area contributed by atoms with E-state index in [0.29, 0.717) is 0 Å². The highest BCUT2D eigenvalue weighted by Crippen LogP contribution is 2.20. The van der Waals surface area contributed by atoms with Crippen LogP contribution < -0.4 is 10.6 Å². The van der Waals surface area contributed by atoms with Crippen molar-refractivity contribution in [1.29, 1.82) is 0 Å². The van der Waals surface area contributed by atoms with Gasteiger partial charge in [0.05, 0.1) is 17.2 Å². The van der Waals surface area contributed by atoms with Crippen molar-refractivity contribution in [3.8, 4) is 0 Å². The maximum atomic E-state index is 4.49. The van der Waals surface area contributed by atoms with E-state index in [0.717, 1.165) is 42.2 Å². The standard InChI is InChI=1S/C22H33N5S/c1-16-8-7-11-27(14-16)15-20-10-6-5-9-19(20)12-24-22(23-4)25-13-21-17(2)26-18(3)28-21/h5-6,9-10,16H,7-8,11-15H2,1-4H3,(H2,23,24,25). The van der Waals surface area contributed by atoms with Gasteiger partial charge in [0, 0.05) is 31.6 Å². The van der Waals surface area contributed by atoms with Crippen molar-refractivity contribution in [1.82, 2.24) is 20.5 Å². The van der Waals surface area contributed by atoms with Crippen LogP contribution in [-0.2, 0) is 19.6 Å². The van der Waals surface area contributed by atoms with E-state index in [2.05, 4.69) is 63.6 Å². The number of rotatable bonds is 6. The average Bonchev–Trinajstić information content (AvgIpc) is 3.00. The zero-order chi connectivity index (χ0) is 19.9. The monoisotopic (exact) mass is 399 g/mol. The fraction of sp³-hybridized carbons (Fsp3) is 0.545. The highest BCUT2D eigenvalue weighted by molar-refractivity contribution is 7.11. The van der Waals surface area contributed by atoms with Gasteiger partial charge in [-0.05, 0) is 50.3 Å². The van der Waals surface area contributed by atoms with Gasteiger partial charge in [-0.3, -0.25) is 9.89 Å². The molecule has 0 amide bonds. The molecule has 3 rings (SSSR count). The molecular weight excluding hydrogens is 366 g/mol. The number of guanidine groups is 1. The number of hydrogen-bond donors (Lipinski definition) is 2. The fourth-order valence-electron chi connectivity index (χ4n) is 3.86. The van der Waals surface area contributed by atoms with Gasteiger partial charge >= 0.3 is 0 Å². The van der Waals surface area contributed by atoms with Crippen LogP contribution in [0.5, 0.6) is 0 Å². The van der Waals surface area contributed by atoms with Crippen molar-refractivity contribution in [2.45, 2.75) is 53.2 Å². The molecule has 1 saturated heterocycles. The van der Waals surface area contributed by atoms with Crippen LogP contribution >= 0.6 is 11.3 Å². The van der Waals surface area contributed by atoms with Gasteiger partial charge in [0.15, 0.2) is 5.96 Å². The molecule has 2 aromatic rings. The molecule has 152 valence electrons. The summed E-state index contributed by atoms with van der Waals surface area (Å²) in [6, 6.07) is 8.75. The number of nitrogens with one attached hydrogen (secondary N) is 2. The highest BCUT2D eigenvalue weighted by atomic mass is 32.1. The van der Waals surface area contributed by atoms with Gasteiger partial charge in [-0.25, -0.2) is 4.98 Å². The summed E-state index contributed by atoms with van der Waals surface area (Å²) in [6.45, 7) is 11.5. The van der Waals surface area contributed by atoms with Crippen LogP contribution in [0.1, 0.15) is 46.5 Å². The molecule has 6 heteroatoms. The van der Waals surface area contributed by atoms with Crippen molar-refractivity contribution >= 4 is 17.3 Å². The molecule has 0 spiro atoms. The Balaban J connectivity index is 1.56. The molecule has 5 nitrogen and oxygen atoms in total. The van der Waals surface area contributed by atoms with Crippen molar-refractivity contribution in [3.63, 3.8) is 0 Å². The highest BCUT2D eigenvalue weighted by Gasteiger charge is 2.17. The number of thiazole rings is 1. The first-order valence-corrected chi connectivity index (χ1v) is 11.0. The van der Waals surface area contributed by atoms with Crippen LogP contribution in [0.2, 0.25) is 0 Å². The van der Waals surface area contributed by atoms with Crippen LogP contribution in [0.25, 0.3) is 0 Å². The van der Waals surface area contributed by atoms with E-state index in [9.17, 15) is 0 Å². The number of aliphatic imine (C=N–C) groups is 1. The van der Waals surface area contributed by atoms with Gasteiger partial charge in [0.1, 0.15) is 0 Å². The van der Waals surface area contributed by atoms with Gasteiger partial charge in [0.2, 0.25) is 0 Å². The predicted octanol–water partition coefficient (Wildman–Crippen LogP) is 3.86. The van der Waals surface area contributed by atoms with Crippen LogP contribution in [-0.4, -0.2) is 36.0 Å². The lowest BCUT2D eigenvalue weighted by Crippen LogP contribution is -2.37. The van der Waals surface area contributed by atoms with E-state index in [1.807, 2.05) is 14.0 Å². The van der Waals surface area contributed by atoms with Crippen molar-refractivity contribution in [2.75, 3.05) is 20.1 Å². The Morgan fingerprint density at radius 2 is 1.96 bits per heavy atom. The summed E-state index contributed by atoms with van der Waals surface area (Å²) in [5, 5.41) is 8.00. The fourth-order valence-corrected chi connectivity index (χ4v) is 4.73. The first kappa shape index (κ1) is 20.8.